The van der Waals surface area contributed by atoms with Gasteiger partial charge in [-0.2, -0.15) is 5.10 Å². The standard InChI is InChI=1S/C14H19N5OS/c1-10-17-11(9-21-10)7-16-14(20)13-4-6-19(18-13)12-3-2-5-15-8-12/h4,6,9,12,15H,2-3,5,7-8H2,1H3,(H,16,20)/t12-/m1/s1. The molecule has 0 aromatic carbocycles. The number of thiazole rings is 1. The number of hydrogen-bond acceptors (Lipinski definition) is 5. The Bertz CT molecular complexity index is 614. The third kappa shape index (κ3) is 3.48. The van der Waals surface area contributed by atoms with Gasteiger partial charge in [0, 0.05) is 18.1 Å². The zero-order valence-electron chi connectivity index (χ0n) is 12.0. The van der Waals surface area contributed by atoms with E-state index in [1.54, 1.807) is 17.4 Å². The minimum Gasteiger partial charge on any atom is -0.345 e. The van der Waals surface area contributed by atoms with Gasteiger partial charge in [0.05, 0.1) is 23.3 Å². The summed E-state index contributed by atoms with van der Waals surface area (Å²) in [4.78, 5) is 16.4. The Morgan fingerprint density at radius 3 is 3.24 bits per heavy atom. The highest BCUT2D eigenvalue weighted by atomic mass is 32.1. The summed E-state index contributed by atoms with van der Waals surface area (Å²) in [6, 6.07) is 2.12. The van der Waals surface area contributed by atoms with Crippen LogP contribution in [0, 0.1) is 6.92 Å². The fourth-order valence-electron chi connectivity index (χ4n) is 2.47. The van der Waals surface area contributed by atoms with Crippen molar-refractivity contribution in [2.24, 2.45) is 0 Å². The highest BCUT2D eigenvalue weighted by Gasteiger charge is 2.17. The van der Waals surface area contributed by atoms with Crippen molar-refractivity contribution >= 4 is 17.2 Å². The first-order valence-corrected chi connectivity index (χ1v) is 8.05. The van der Waals surface area contributed by atoms with E-state index < -0.39 is 0 Å². The van der Waals surface area contributed by atoms with Crippen molar-refractivity contribution in [3.63, 3.8) is 0 Å². The van der Waals surface area contributed by atoms with Gasteiger partial charge in [0.25, 0.3) is 5.91 Å². The van der Waals surface area contributed by atoms with E-state index in [0.29, 0.717) is 18.3 Å². The van der Waals surface area contributed by atoms with Crippen LogP contribution in [0.25, 0.3) is 0 Å². The molecule has 3 rings (SSSR count). The van der Waals surface area contributed by atoms with Gasteiger partial charge in [0.15, 0.2) is 0 Å². The van der Waals surface area contributed by atoms with Crippen molar-refractivity contribution < 1.29 is 4.79 Å². The predicted molar refractivity (Wildman–Crippen MR) is 81.4 cm³/mol. The van der Waals surface area contributed by atoms with Crippen molar-refractivity contribution in [3.05, 3.63) is 34.0 Å². The molecule has 0 bridgehead atoms. The molecule has 2 N–H and O–H groups in total. The van der Waals surface area contributed by atoms with Crippen molar-refractivity contribution in [1.82, 2.24) is 25.4 Å². The van der Waals surface area contributed by atoms with Gasteiger partial charge >= 0.3 is 0 Å². The molecule has 3 heterocycles. The molecule has 1 atom stereocenters. The Morgan fingerprint density at radius 1 is 1.62 bits per heavy atom. The van der Waals surface area contributed by atoms with Crippen LogP contribution >= 0.6 is 11.3 Å². The highest BCUT2D eigenvalue weighted by Crippen LogP contribution is 2.15. The Kier molecular flexibility index (Phi) is 4.31. The molecule has 1 saturated heterocycles. The number of nitrogens with one attached hydrogen (secondary N) is 2. The van der Waals surface area contributed by atoms with Gasteiger partial charge in [-0.25, -0.2) is 4.98 Å². The number of amides is 1. The highest BCUT2D eigenvalue weighted by molar-refractivity contribution is 7.09. The topological polar surface area (TPSA) is 71.8 Å². The van der Waals surface area contributed by atoms with E-state index in [4.69, 9.17) is 0 Å². The molecule has 1 aliphatic heterocycles. The lowest BCUT2D eigenvalue weighted by molar-refractivity contribution is 0.0944. The number of rotatable bonds is 4. The van der Waals surface area contributed by atoms with Crippen LogP contribution in [0.15, 0.2) is 17.6 Å². The summed E-state index contributed by atoms with van der Waals surface area (Å²) < 4.78 is 1.90. The molecule has 1 fully saturated rings. The third-order valence-electron chi connectivity index (χ3n) is 3.58. The van der Waals surface area contributed by atoms with Crippen LogP contribution < -0.4 is 10.6 Å². The smallest absolute Gasteiger partial charge is 0.272 e. The number of piperidine rings is 1. The van der Waals surface area contributed by atoms with Crippen LogP contribution in [0.1, 0.15) is 40.1 Å². The minimum absolute atomic E-state index is 0.150. The van der Waals surface area contributed by atoms with E-state index in [-0.39, 0.29) is 5.91 Å². The maximum atomic E-state index is 12.1. The maximum absolute atomic E-state index is 12.1. The van der Waals surface area contributed by atoms with Gasteiger partial charge in [0.1, 0.15) is 5.69 Å². The van der Waals surface area contributed by atoms with Crippen LogP contribution in [0.2, 0.25) is 0 Å². The summed E-state index contributed by atoms with van der Waals surface area (Å²) in [5.41, 5.74) is 1.36. The molecule has 112 valence electrons. The quantitative estimate of drug-likeness (QED) is 0.898. The third-order valence-corrected chi connectivity index (χ3v) is 4.40. The summed E-state index contributed by atoms with van der Waals surface area (Å²) in [6.45, 7) is 4.38. The van der Waals surface area contributed by atoms with E-state index in [9.17, 15) is 4.79 Å². The lowest BCUT2D eigenvalue weighted by Crippen LogP contribution is -2.32. The first-order chi connectivity index (χ1) is 10.2. The summed E-state index contributed by atoms with van der Waals surface area (Å²) in [5.74, 6) is -0.150. The van der Waals surface area contributed by atoms with Crippen molar-refractivity contribution in [2.75, 3.05) is 13.1 Å². The second-order valence-corrected chi connectivity index (χ2v) is 6.28. The van der Waals surface area contributed by atoms with E-state index in [2.05, 4.69) is 20.7 Å². The Balaban J connectivity index is 1.58. The first kappa shape index (κ1) is 14.2. The van der Waals surface area contributed by atoms with Crippen molar-refractivity contribution in [3.8, 4) is 0 Å². The zero-order chi connectivity index (χ0) is 14.7. The first-order valence-electron chi connectivity index (χ1n) is 7.17. The van der Waals surface area contributed by atoms with E-state index in [0.717, 1.165) is 36.6 Å². The molecule has 0 unspecified atom stereocenters. The normalized spacial score (nSPS) is 18.6. The van der Waals surface area contributed by atoms with Gasteiger partial charge in [0.2, 0.25) is 0 Å². The van der Waals surface area contributed by atoms with E-state index >= 15 is 0 Å². The zero-order valence-corrected chi connectivity index (χ0v) is 12.8. The second kappa shape index (κ2) is 6.36. The van der Waals surface area contributed by atoms with Crippen LogP contribution in [0.4, 0.5) is 0 Å². The molecule has 1 amide bonds. The largest absolute Gasteiger partial charge is 0.345 e. The van der Waals surface area contributed by atoms with E-state index in [1.807, 2.05) is 23.2 Å². The lowest BCUT2D eigenvalue weighted by atomic mass is 10.1. The SMILES string of the molecule is Cc1nc(CNC(=O)c2ccn([C@@H]3CCCNC3)n2)cs1. The number of hydrogen-bond donors (Lipinski definition) is 2. The average Bonchev–Trinajstić information content (AvgIpc) is 3.15. The molecule has 0 radical (unpaired) electrons. The summed E-state index contributed by atoms with van der Waals surface area (Å²) in [6.07, 6.45) is 4.14. The number of nitrogens with zero attached hydrogens (tertiary/aromatic N) is 3. The Labute approximate surface area is 127 Å². The summed E-state index contributed by atoms with van der Waals surface area (Å²) >= 11 is 1.59. The molecule has 7 heteroatoms. The van der Waals surface area contributed by atoms with Crippen molar-refractivity contribution in [2.45, 2.75) is 32.4 Å². The molecular formula is C14H19N5OS. The monoisotopic (exact) mass is 305 g/mol. The molecule has 0 saturated carbocycles. The molecule has 0 aliphatic carbocycles. The molecule has 1 aliphatic rings. The van der Waals surface area contributed by atoms with Gasteiger partial charge in [-0.1, -0.05) is 0 Å². The predicted octanol–water partition coefficient (Wildman–Crippen LogP) is 1.50. The van der Waals surface area contributed by atoms with Crippen molar-refractivity contribution in [1.29, 1.82) is 0 Å². The van der Waals surface area contributed by atoms with Crippen LogP contribution in [0.5, 0.6) is 0 Å². The van der Waals surface area contributed by atoms with Gasteiger partial charge in [-0.05, 0) is 32.4 Å². The van der Waals surface area contributed by atoms with E-state index in [1.165, 1.54) is 0 Å². The lowest BCUT2D eigenvalue weighted by Gasteiger charge is -2.22. The molecule has 0 spiro atoms. The summed E-state index contributed by atoms with van der Waals surface area (Å²) in [7, 11) is 0. The van der Waals surface area contributed by atoms with Gasteiger partial charge < -0.3 is 10.6 Å². The van der Waals surface area contributed by atoms with Crippen LogP contribution in [-0.2, 0) is 6.54 Å². The molecule has 21 heavy (non-hydrogen) atoms. The number of carbonyl (C=O) groups excluding carboxylic acids is 1. The van der Waals surface area contributed by atoms with Crippen LogP contribution in [-0.4, -0.2) is 33.8 Å². The average molecular weight is 305 g/mol. The molecular weight excluding hydrogens is 286 g/mol. The summed E-state index contributed by atoms with van der Waals surface area (Å²) in [5, 5.41) is 13.6. The minimum atomic E-state index is -0.150. The number of carbonyl (C=O) groups is 1. The number of aromatic nitrogens is 3. The molecule has 6 nitrogen and oxygen atoms in total. The Hall–Kier alpha value is -1.73. The number of aryl methyl sites for hydroxylation is 1. The van der Waals surface area contributed by atoms with Gasteiger partial charge in [-0.3, -0.25) is 9.48 Å². The van der Waals surface area contributed by atoms with Crippen LogP contribution in [0.3, 0.4) is 0 Å². The Morgan fingerprint density at radius 2 is 2.52 bits per heavy atom. The molecule has 2 aromatic rings. The van der Waals surface area contributed by atoms with Gasteiger partial charge in [-0.15, -0.1) is 11.3 Å². The molecule has 2 aromatic heterocycles. The fourth-order valence-corrected chi connectivity index (χ4v) is 3.09. The second-order valence-electron chi connectivity index (χ2n) is 5.22. The maximum Gasteiger partial charge on any atom is 0.272 e. The fraction of sp³-hybridized carbons (Fsp3) is 0.500.